The molecule has 1 saturated heterocycles. The second-order valence-electron chi connectivity index (χ2n) is 7.84. The molecule has 0 unspecified atom stereocenters. The van der Waals surface area contributed by atoms with E-state index in [9.17, 15) is 9.59 Å². The topological polar surface area (TPSA) is 83.5 Å². The fraction of sp³-hybridized carbons (Fsp3) is 0.375. The highest BCUT2D eigenvalue weighted by atomic mass is 35.5. The molecular weight excluding hydrogens is 444 g/mol. The number of rotatable bonds is 5. The van der Waals surface area contributed by atoms with Crippen molar-refractivity contribution in [2.75, 3.05) is 44.8 Å². The number of esters is 1. The zero-order chi connectivity index (χ0) is 23.4. The van der Waals surface area contributed by atoms with Crippen LogP contribution in [0.2, 0.25) is 5.02 Å². The first kappa shape index (κ1) is 22.9. The van der Waals surface area contributed by atoms with E-state index in [0.717, 1.165) is 24.5 Å². The van der Waals surface area contributed by atoms with Crippen LogP contribution < -0.4 is 15.0 Å². The van der Waals surface area contributed by atoms with Crippen LogP contribution in [0.1, 0.15) is 18.5 Å². The summed E-state index contributed by atoms with van der Waals surface area (Å²) in [5, 5.41) is 3.35. The van der Waals surface area contributed by atoms with Crippen molar-refractivity contribution in [3.8, 4) is 5.75 Å². The molecule has 8 nitrogen and oxygen atoms in total. The lowest BCUT2D eigenvalue weighted by Gasteiger charge is -2.39. The van der Waals surface area contributed by atoms with Gasteiger partial charge in [0.05, 0.1) is 13.7 Å². The molecule has 2 aromatic rings. The number of amides is 1. The number of carbonyl (C=O) groups excluding carboxylic acids is 2. The molecule has 0 radical (unpaired) electrons. The van der Waals surface area contributed by atoms with Crippen LogP contribution in [0.15, 0.2) is 53.5 Å². The van der Waals surface area contributed by atoms with Gasteiger partial charge in [-0.25, -0.2) is 4.99 Å². The van der Waals surface area contributed by atoms with Crippen molar-refractivity contribution < 1.29 is 19.1 Å². The molecule has 0 saturated carbocycles. The Labute approximate surface area is 198 Å². The molecule has 4 rings (SSSR count). The van der Waals surface area contributed by atoms with E-state index in [2.05, 4.69) is 10.2 Å². The molecular formula is C24H27ClN4O4. The number of piperazine rings is 1. The Kier molecular flexibility index (Phi) is 7.03. The summed E-state index contributed by atoms with van der Waals surface area (Å²) in [6.45, 7) is 4.79. The van der Waals surface area contributed by atoms with E-state index >= 15 is 0 Å². The zero-order valence-electron chi connectivity index (χ0n) is 18.7. The normalized spacial score (nSPS) is 20.7. The van der Waals surface area contributed by atoms with E-state index in [0.29, 0.717) is 29.6 Å². The number of nitrogens with one attached hydrogen (secondary N) is 1. The van der Waals surface area contributed by atoms with E-state index in [4.69, 9.17) is 26.1 Å². The molecule has 0 spiro atoms. The Morgan fingerprint density at radius 2 is 1.82 bits per heavy atom. The van der Waals surface area contributed by atoms with Gasteiger partial charge in [-0.15, -0.1) is 0 Å². The Bertz CT molecular complexity index is 1040. The van der Waals surface area contributed by atoms with Gasteiger partial charge in [0.2, 0.25) is 11.9 Å². The van der Waals surface area contributed by atoms with Gasteiger partial charge in [0.1, 0.15) is 11.8 Å². The minimum absolute atomic E-state index is 0.189. The van der Waals surface area contributed by atoms with Crippen LogP contribution in [0.25, 0.3) is 0 Å². The first-order valence-corrected chi connectivity index (χ1v) is 11.3. The molecule has 1 fully saturated rings. The van der Waals surface area contributed by atoms with Crippen LogP contribution in [0.3, 0.4) is 0 Å². The third-order valence-electron chi connectivity index (χ3n) is 5.84. The van der Waals surface area contributed by atoms with Crippen LogP contribution in [-0.2, 0) is 14.3 Å². The van der Waals surface area contributed by atoms with Gasteiger partial charge in [-0.05, 0) is 48.9 Å². The van der Waals surface area contributed by atoms with E-state index in [1.54, 1.807) is 32.2 Å². The number of hydrogen-bond acceptors (Lipinski definition) is 7. The average Bonchev–Trinajstić information content (AvgIpc) is 2.84. The highest BCUT2D eigenvalue weighted by molar-refractivity contribution is 6.30. The number of guanidine groups is 1. The smallest absolute Gasteiger partial charge is 0.321 e. The number of methoxy groups -OCH3 is 1. The third-order valence-corrected chi connectivity index (χ3v) is 6.08. The largest absolute Gasteiger partial charge is 0.497 e. The summed E-state index contributed by atoms with van der Waals surface area (Å²) >= 11 is 6.18. The SMILES string of the molecule is CCOC(=O)[C@@H]1C(=O)NC(N2CCN(c3ccc(OC)cc3)CC2)=N[C@@H]1c1cccc(Cl)c1. The highest BCUT2D eigenvalue weighted by Gasteiger charge is 2.42. The van der Waals surface area contributed by atoms with E-state index < -0.39 is 23.8 Å². The first-order chi connectivity index (χ1) is 16.0. The molecule has 0 aliphatic carbocycles. The van der Waals surface area contributed by atoms with Gasteiger partial charge in [-0.1, -0.05) is 23.7 Å². The molecule has 2 aliphatic rings. The number of ether oxygens (including phenoxy) is 2. The van der Waals surface area contributed by atoms with Crippen LogP contribution in [0, 0.1) is 5.92 Å². The van der Waals surface area contributed by atoms with E-state index in [1.807, 2.05) is 35.2 Å². The number of aliphatic imine (C=N–C) groups is 1. The maximum absolute atomic E-state index is 13.0. The van der Waals surface area contributed by atoms with Crippen molar-refractivity contribution >= 4 is 35.1 Å². The van der Waals surface area contributed by atoms with Crippen LogP contribution >= 0.6 is 11.6 Å². The van der Waals surface area contributed by atoms with Gasteiger partial charge in [-0.2, -0.15) is 0 Å². The summed E-state index contributed by atoms with van der Waals surface area (Å²) in [6.07, 6.45) is 0. The van der Waals surface area contributed by atoms with Gasteiger partial charge < -0.3 is 19.3 Å². The maximum Gasteiger partial charge on any atom is 0.321 e. The number of benzene rings is 2. The van der Waals surface area contributed by atoms with Crippen molar-refractivity contribution in [2.45, 2.75) is 13.0 Å². The molecule has 1 N–H and O–H groups in total. The Morgan fingerprint density at radius 3 is 2.45 bits per heavy atom. The lowest BCUT2D eigenvalue weighted by molar-refractivity contribution is -0.153. The standard InChI is InChI=1S/C24H27ClN4O4/c1-3-33-23(31)20-21(16-5-4-6-17(25)15-16)26-24(27-22(20)30)29-13-11-28(12-14-29)18-7-9-19(32-2)10-8-18/h4-10,15,20-21H,3,11-14H2,1-2H3,(H,26,27,30)/t20-,21+/m0/s1. The summed E-state index contributed by atoms with van der Waals surface area (Å²) in [7, 11) is 1.65. The van der Waals surface area contributed by atoms with Crippen molar-refractivity contribution in [1.82, 2.24) is 10.2 Å². The predicted molar refractivity (Wildman–Crippen MR) is 127 cm³/mol. The van der Waals surface area contributed by atoms with Crippen molar-refractivity contribution in [3.05, 3.63) is 59.1 Å². The number of halogens is 1. The molecule has 2 aromatic carbocycles. The Morgan fingerprint density at radius 1 is 1.12 bits per heavy atom. The molecule has 174 valence electrons. The predicted octanol–water partition coefficient (Wildman–Crippen LogP) is 2.88. The molecule has 0 bridgehead atoms. The van der Waals surface area contributed by atoms with Gasteiger partial charge in [-0.3, -0.25) is 14.9 Å². The number of carbonyl (C=O) groups is 2. The van der Waals surface area contributed by atoms with Crippen LogP contribution in [0.5, 0.6) is 5.75 Å². The average molecular weight is 471 g/mol. The minimum Gasteiger partial charge on any atom is -0.497 e. The molecule has 2 aliphatic heterocycles. The second-order valence-corrected chi connectivity index (χ2v) is 8.28. The maximum atomic E-state index is 13.0. The summed E-state index contributed by atoms with van der Waals surface area (Å²) in [5.41, 5.74) is 1.81. The molecule has 9 heteroatoms. The van der Waals surface area contributed by atoms with Gasteiger partial charge in [0, 0.05) is 36.9 Å². The summed E-state index contributed by atoms with van der Waals surface area (Å²) in [5.74, 6) is -0.777. The van der Waals surface area contributed by atoms with Gasteiger partial charge >= 0.3 is 5.97 Å². The molecule has 33 heavy (non-hydrogen) atoms. The van der Waals surface area contributed by atoms with E-state index in [-0.39, 0.29) is 6.61 Å². The first-order valence-electron chi connectivity index (χ1n) is 10.9. The molecule has 0 aromatic heterocycles. The van der Waals surface area contributed by atoms with Crippen LogP contribution in [0.4, 0.5) is 5.69 Å². The molecule has 2 heterocycles. The molecule has 2 atom stereocenters. The lowest BCUT2D eigenvalue weighted by Crippen LogP contribution is -2.57. The van der Waals surface area contributed by atoms with Gasteiger partial charge in [0.15, 0.2) is 5.92 Å². The Balaban J connectivity index is 1.54. The third kappa shape index (κ3) is 5.06. The zero-order valence-corrected chi connectivity index (χ0v) is 19.4. The van der Waals surface area contributed by atoms with Crippen molar-refractivity contribution in [3.63, 3.8) is 0 Å². The number of nitrogens with zero attached hydrogens (tertiary/aromatic N) is 3. The second kappa shape index (κ2) is 10.1. The van der Waals surface area contributed by atoms with Gasteiger partial charge in [0.25, 0.3) is 0 Å². The highest BCUT2D eigenvalue weighted by Crippen LogP contribution is 2.32. The summed E-state index contributed by atoms with van der Waals surface area (Å²) in [4.78, 5) is 34.7. The van der Waals surface area contributed by atoms with Crippen molar-refractivity contribution in [2.24, 2.45) is 10.9 Å². The van der Waals surface area contributed by atoms with Crippen molar-refractivity contribution in [1.29, 1.82) is 0 Å². The lowest BCUT2D eigenvalue weighted by atomic mass is 9.91. The summed E-state index contributed by atoms with van der Waals surface area (Å²) in [6, 6.07) is 14.3. The number of hydrogen-bond donors (Lipinski definition) is 1. The van der Waals surface area contributed by atoms with Crippen LogP contribution in [-0.4, -0.2) is 62.6 Å². The number of anilines is 1. The fourth-order valence-electron chi connectivity index (χ4n) is 4.13. The quantitative estimate of drug-likeness (QED) is 0.534. The van der Waals surface area contributed by atoms with E-state index in [1.165, 1.54) is 0 Å². The minimum atomic E-state index is -1.06. The molecule has 1 amide bonds. The summed E-state index contributed by atoms with van der Waals surface area (Å²) < 4.78 is 10.4. The monoisotopic (exact) mass is 470 g/mol. The Hall–Kier alpha value is -3.26. The fourth-order valence-corrected chi connectivity index (χ4v) is 4.32.